The number of methoxy groups -OCH3 is 1. The predicted molar refractivity (Wildman–Crippen MR) is 93.4 cm³/mol. The summed E-state index contributed by atoms with van der Waals surface area (Å²) < 4.78 is 33.1. The third kappa shape index (κ3) is 4.56. The van der Waals surface area contributed by atoms with Gasteiger partial charge in [-0.05, 0) is 47.4 Å². The van der Waals surface area contributed by atoms with Crippen molar-refractivity contribution in [3.05, 3.63) is 27.7 Å². The molecule has 0 aromatic heterocycles. The normalized spacial score (nSPS) is 21.6. The molecule has 1 atom stereocenters. The van der Waals surface area contributed by atoms with Crippen LogP contribution in [-0.2, 0) is 14.8 Å². The van der Waals surface area contributed by atoms with Gasteiger partial charge in [0.05, 0.1) is 26.5 Å². The van der Waals surface area contributed by atoms with Gasteiger partial charge in [0.15, 0.2) is 0 Å². The zero-order valence-electron chi connectivity index (χ0n) is 12.1. The van der Waals surface area contributed by atoms with Crippen LogP contribution in [0.3, 0.4) is 0 Å². The highest BCUT2D eigenvalue weighted by molar-refractivity contribution is 9.10. The Morgan fingerprint density at radius 1 is 1.50 bits per heavy atom. The molecular weight excluding hydrogens is 415 g/mol. The summed E-state index contributed by atoms with van der Waals surface area (Å²) in [7, 11) is -2.02. The van der Waals surface area contributed by atoms with E-state index in [2.05, 4.69) is 26.0 Å². The third-order valence-electron chi connectivity index (χ3n) is 3.56. The Bertz CT molecular complexity index is 607. The van der Waals surface area contributed by atoms with E-state index in [9.17, 15) is 8.42 Å². The summed E-state index contributed by atoms with van der Waals surface area (Å²) in [4.78, 5) is 0.139. The molecule has 1 aliphatic heterocycles. The van der Waals surface area contributed by atoms with Gasteiger partial charge in [-0.15, -0.1) is 12.4 Å². The largest absolute Gasteiger partial charge is 0.383 e. The average molecular weight is 434 g/mol. The van der Waals surface area contributed by atoms with Crippen molar-refractivity contribution in [1.82, 2.24) is 10.0 Å². The zero-order valence-corrected chi connectivity index (χ0v) is 16.0. The summed E-state index contributed by atoms with van der Waals surface area (Å²) in [6.45, 7) is 1.61. The first-order chi connectivity index (χ1) is 9.90. The zero-order chi connectivity index (χ0) is 15.5. The van der Waals surface area contributed by atoms with Crippen molar-refractivity contribution in [3.63, 3.8) is 0 Å². The van der Waals surface area contributed by atoms with Gasteiger partial charge in [0.1, 0.15) is 0 Å². The predicted octanol–water partition coefficient (Wildman–Crippen LogP) is 2.57. The first kappa shape index (κ1) is 20.2. The van der Waals surface area contributed by atoms with Crippen LogP contribution in [0.15, 0.2) is 27.6 Å². The summed E-state index contributed by atoms with van der Waals surface area (Å²) in [6.07, 6.45) is 1.88. The third-order valence-corrected chi connectivity index (χ3v) is 6.66. The highest BCUT2D eigenvalue weighted by Gasteiger charge is 2.35. The molecule has 0 amide bonds. The number of nitrogens with one attached hydrogen (secondary N) is 2. The van der Waals surface area contributed by atoms with Crippen LogP contribution in [0.2, 0.25) is 5.02 Å². The minimum Gasteiger partial charge on any atom is -0.383 e. The molecule has 5 nitrogen and oxygen atoms in total. The molecule has 22 heavy (non-hydrogen) atoms. The molecule has 9 heteroatoms. The lowest BCUT2D eigenvalue weighted by Gasteiger charge is -2.29. The highest BCUT2D eigenvalue weighted by Crippen LogP contribution is 2.29. The quantitative estimate of drug-likeness (QED) is 0.723. The molecule has 1 aliphatic rings. The first-order valence-corrected chi connectivity index (χ1v) is 9.23. The maximum Gasteiger partial charge on any atom is 0.241 e. The van der Waals surface area contributed by atoms with Crippen LogP contribution in [0, 0.1) is 0 Å². The van der Waals surface area contributed by atoms with Gasteiger partial charge in [-0.3, -0.25) is 0 Å². The molecule has 1 unspecified atom stereocenters. The molecule has 1 heterocycles. The number of benzene rings is 1. The molecule has 2 rings (SSSR count). The van der Waals surface area contributed by atoms with Crippen molar-refractivity contribution >= 4 is 50.0 Å². The Labute approximate surface area is 150 Å². The monoisotopic (exact) mass is 432 g/mol. The lowest BCUT2D eigenvalue weighted by molar-refractivity contribution is 0.122. The van der Waals surface area contributed by atoms with Crippen LogP contribution in [0.4, 0.5) is 0 Å². The molecule has 0 spiro atoms. The first-order valence-electron chi connectivity index (χ1n) is 6.58. The molecule has 0 bridgehead atoms. The van der Waals surface area contributed by atoms with Crippen LogP contribution in [0.25, 0.3) is 0 Å². The molecule has 1 aromatic rings. The van der Waals surface area contributed by atoms with Gasteiger partial charge < -0.3 is 10.1 Å². The lowest BCUT2D eigenvalue weighted by Crippen LogP contribution is -2.52. The molecule has 0 aliphatic carbocycles. The van der Waals surface area contributed by atoms with Gasteiger partial charge in [-0.25, -0.2) is 13.1 Å². The number of halogens is 3. The Kier molecular flexibility index (Phi) is 7.59. The summed E-state index contributed by atoms with van der Waals surface area (Å²) in [5, 5.41) is 3.70. The van der Waals surface area contributed by atoms with E-state index < -0.39 is 10.0 Å². The van der Waals surface area contributed by atoms with E-state index in [-0.39, 0.29) is 29.4 Å². The minimum absolute atomic E-state index is 0. The smallest absolute Gasteiger partial charge is 0.241 e. The van der Waals surface area contributed by atoms with Crippen LogP contribution in [0.1, 0.15) is 12.8 Å². The lowest BCUT2D eigenvalue weighted by atomic mass is 9.99. The second-order valence-corrected chi connectivity index (χ2v) is 8.06. The maximum atomic E-state index is 12.4. The Hall–Kier alpha value is 0.110. The van der Waals surface area contributed by atoms with Crippen molar-refractivity contribution in [3.8, 4) is 0 Å². The Morgan fingerprint density at radius 2 is 2.23 bits per heavy atom. The standard InChI is InChI=1S/C13H18BrClN2O3S.ClH/c1-20-9-13(6-3-7-16-13)8-17-21(18,19)11-5-2-4-10(15)12(11)14;/h2,4-5,16-17H,3,6-9H2,1H3;1H. The van der Waals surface area contributed by atoms with E-state index in [0.29, 0.717) is 16.1 Å². The molecule has 1 aromatic carbocycles. The van der Waals surface area contributed by atoms with Gasteiger partial charge in [0.25, 0.3) is 0 Å². The van der Waals surface area contributed by atoms with Crippen LogP contribution < -0.4 is 10.0 Å². The fourth-order valence-corrected chi connectivity index (χ4v) is 4.83. The fourth-order valence-electron chi connectivity index (χ4n) is 2.47. The van der Waals surface area contributed by atoms with Crippen LogP contribution in [0.5, 0.6) is 0 Å². The molecular formula is C13H19BrCl2N2O3S. The molecule has 2 N–H and O–H groups in total. The van der Waals surface area contributed by atoms with E-state index in [4.69, 9.17) is 16.3 Å². The van der Waals surface area contributed by atoms with Gasteiger partial charge in [0.2, 0.25) is 10.0 Å². The van der Waals surface area contributed by atoms with E-state index in [1.807, 2.05) is 0 Å². The molecule has 126 valence electrons. The molecule has 1 fully saturated rings. The number of ether oxygens (including phenoxy) is 1. The van der Waals surface area contributed by atoms with Crippen LogP contribution >= 0.6 is 39.9 Å². The van der Waals surface area contributed by atoms with Crippen molar-refractivity contribution in [2.24, 2.45) is 0 Å². The number of sulfonamides is 1. The van der Waals surface area contributed by atoms with Gasteiger partial charge in [-0.2, -0.15) is 0 Å². The van der Waals surface area contributed by atoms with Crippen molar-refractivity contribution in [2.75, 3.05) is 26.8 Å². The second-order valence-electron chi connectivity index (χ2n) is 5.12. The van der Waals surface area contributed by atoms with E-state index in [1.54, 1.807) is 19.2 Å². The van der Waals surface area contributed by atoms with Gasteiger partial charge in [0, 0.05) is 13.7 Å². The molecule has 0 saturated carbocycles. The van der Waals surface area contributed by atoms with Crippen molar-refractivity contribution < 1.29 is 13.2 Å². The van der Waals surface area contributed by atoms with Gasteiger partial charge in [-0.1, -0.05) is 17.7 Å². The summed E-state index contributed by atoms with van der Waals surface area (Å²) in [5.74, 6) is 0. The SMILES string of the molecule is COCC1(CNS(=O)(=O)c2cccc(Cl)c2Br)CCCN1.Cl. The minimum atomic E-state index is -3.63. The average Bonchev–Trinajstić information content (AvgIpc) is 2.89. The van der Waals surface area contributed by atoms with Crippen molar-refractivity contribution in [1.29, 1.82) is 0 Å². The fraction of sp³-hybridized carbons (Fsp3) is 0.538. The Balaban J connectivity index is 0.00000242. The van der Waals surface area contributed by atoms with Gasteiger partial charge >= 0.3 is 0 Å². The molecule has 1 saturated heterocycles. The van der Waals surface area contributed by atoms with E-state index in [1.165, 1.54) is 6.07 Å². The summed E-state index contributed by atoms with van der Waals surface area (Å²) >= 11 is 9.18. The summed E-state index contributed by atoms with van der Waals surface area (Å²) in [5.41, 5.74) is -0.340. The number of hydrogen-bond acceptors (Lipinski definition) is 4. The van der Waals surface area contributed by atoms with E-state index >= 15 is 0 Å². The molecule has 0 radical (unpaired) electrons. The van der Waals surface area contributed by atoms with Crippen molar-refractivity contribution in [2.45, 2.75) is 23.3 Å². The van der Waals surface area contributed by atoms with Crippen LogP contribution in [-0.4, -0.2) is 40.8 Å². The summed E-state index contributed by atoms with van der Waals surface area (Å²) in [6, 6.07) is 4.76. The van der Waals surface area contributed by atoms with E-state index in [0.717, 1.165) is 19.4 Å². The second kappa shape index (κ2) is 8.28. The number of hydrogen-bond donors (Lipinski definition) is 2. The number of rotatable bonds is 6. The topological polar surface area (TPSA) is 67.4 Å². The maximum absolute atomic E-state index is 12.4. The Morgan fingerprint density at radius 3 is 2.82 bits per heavy atom. The highest BCUT2D eigenvalue weighted by atomic mass is 79.9.